The molecule has 0 aromatic heterocycles. The van der Waals surface area contributed by atoms with Crippen LogP contribution in [0, 0.1) is 5.92 Å². The minimum atomic E-state index is -0.905. The van der Waals surface area contributed by atoms with Crippen LogP contribution in [0.4, 0.5) is 4.79 Å². The zero-order valence-corrected chi connectivity index (χ0v) is 11.8. The molecule has 112 valence electrons. The van der Waals surface area contributed by atoms with Crippen molar-refractivity contribution < 1.29 is 14.7 Å². The molecule has 20 heavy (non-hydrogen) atoms. The standard InChI is InChI=1S/C14H23N3O3/c18-13(19)12(10-4-5-10)15-14(20)17-8-7-16-6-2-1-3-11(16)9-17/h10-12H,1-9H2,(H,15,20)(H,18,19). The van der Waals surface area contributed by atoms with Gasteiger partial charge in [-0.25, -0.2) is 9.59 Å². The van der Waals surface area contributed by atoms with E-state index in [-0.39, 0.29) is 11.9 Å². The number of carbonyl (C=O) groups is 2. The summed E-state index contributed by atoms with van der Waals surface area (Å²) in [5.74, 6) is -0.774. The summed E-state index contributed by atoms with van der Waals surface area (Å²) in [5, 5.41) is 11.9. The number of fused-ring (bicyclic) bond motifs is 1. The highest BCUT2D eigenvalue weighted by Gasteiger charge is 2.39. The molecule has 2 amide bonds. The molecule has 2 heterocycles. The monoisotopic (exact) mass is 281 g/mol. The molecule has 0 aromatic rings. The Morgan fingerprint density at radius 1 is 1.10 bits per heavy atom. The van der Waals surface area contributed by atoms with Crippen molar-refractivity contribution in [2.24, 2.45) is 5.92 Å². The maximum absolute atomic E-state index is 12.3. The lowest BCUT2D eigenvalue weighted by molar-refractivity contribution is -0.139. The summed E-state index contributed by atoms with van der Waals surface area (Å²) >= 11 is 0. The molecule has 0 aromatic carbocycles. The number of urea groups is 1. The summed E-state index contributed by atoms with van der Waals surface area (Å²) in [7, 11) is 0. The molecule has 3 aliphatic rings. The van der Waals surface area contributed by atoms with Gasteiger partial charge in [-0.2, -0.15) is 0 Å². The average molecular weight is 281 g/mol. The van der Waals surface area contributed by atoms with Crippen LogP contribution in [0.5, 0.6) is 0 Å². The van der Waals surface area contributed by atoms with Gasteiger partial charge in [-0.3, -0.25) is 4.90 Å². The van der Waals surface area contributed by atoms with Crippen LogP contribution >= 0.6 is 0 Å². The normalized spacial score (nSPS) is 28.6. The predicted octanol–water partition coefficient (Wildman–Crippen LogP) is 0.729. The van der Waals surface area contributed by atoms with E-state index in [1.165, 1.54) is 12.8 Å². The highest BCUT2D eigenvalue weighted by molar-refractivity contribution is 5.83. The Bertz CT molecular complexity index is 397. The fraction of sp³-hybridized carbons (Fsp3) is 0.857. The van der Waals surface area contributed by atoms with Crippen LogP contribution in [0.3, 0.4) is 0 Å². The van der Waals surface area contributed by atoms with Gasteiger partial charge < -0.3 is 15.3 Å². The van der Waals surface area contributed by atoms with E-state index in [9.17, 15) is 14.7 Å². The topological polar surface area (TPSA) is 72.9 Å². The van der Waals surface area contributed by atoms with Crippen molar-refractivity contribution in [3.05, 3.63) is 0 Å². The van der Waals surface area contributed by atoms with Gasteiger partial charge in [-0.05, 0) is 38.1 Å². The van der Waals surface area contributed by atoms with Gasteiger partial charge in [0.15, 0.2) is 0 Å². The quantitative estimate of drug-likeness (QED) is 0.800. The zero-order valence-electron chi connectivity index (χ0n) is 11.8. The van der Waals surface area contributed by atoms with Crippen LogP contribution in [0.2, 0.25) is 0 Å². The molecule has 2 saturated heterocycles. The molecule has 1 saturated carbocycles. The van der Waals surface area contributed by atoms with E-state index in [2.05, 4.69) is 10.2 Å². The van der Waals surface area contributed by atoms with E-state index < -0.39 is 12.0 Å². The fourth-order valence-electron chi connectivity index (χ4n) is 3.38. The third-order valence-electron chi connectivity index (χ3n) is 4.76. The number of piperidine rings is 1. The number of hydrogen-bond donors (Lipinski definition) is 2. The minimum absolute atomic E-state index is 0.132. The summed E-state index contributed by atoms with van der Waals surface area (Å²) in [5.41, 5.74) is 0. The summed E-state index contributed by atoms with van der Waals surface area (Å²) < 4.78 is 0. The number of piperazine rings is 1. The smallest absolute Gasteiger partial charge is 0.326 e. The molecule has 2 aliphatic heterocycles. The third kappa shape index (κ3) is 2.90. The molecular formula is C14H23N3O3. The Hall–Kier alpha value is -1.30. The molecular weight excluding hydrogens is 258 g/mol. The van der Waals surface area contributed by atoms with Gasteiger partial charge in [-0.15, -0.1) is 0 Å². The predicted molar refractivity (Wildman–Crippen MR) is 73.5 cm³/mol. The first-order valence-corrected chi connectivity index (χ1v) is 7.67. The number of carboxylic acid groups (broad SMARTS) is 1. The second-order valence-electron chi connectivity index (χ2n) is 6.23. The van der Waals surface area contributed by atoms with Gasteiger partial charge in [0.05, 0.1) is 0 Å². The SMILES string of the molecule is O=C(O)C(NC(=O)N1CCN2CCCCC2C1)C1CC1. The van der Waals surface area contributed by atoms with Gasteiger partial charge in [0.1, 0.15) is 6.04 Å². The van der Waals surface area contributed by atoms with Gasteiger partial charge >= 0.3 is 12.0 Å². The van der Waals surface area contributed by atoms with Crippen LogP contribution in [-0.4, -0.2) is 65.2 Å². The Kier molecular flexibility index (Phi) is 3.83. The van der Waals surface area contributed by atoms with E-state index in [1.54, 1.807) is 4.90 Å². The lowest BCUT2D eigenvalue weighted by Gasteiger charge is -2.44. The maximum Gasteiger partial charge on any atom is 0.326 e. The first-order valence-electron chi connectivity index (χ1n) is 7.67. The van der Waals surface area contributed by atoms with E-state index >= 15 is 0 Å². The van der Waals surface area contributed by atoms with E-state index in [0.717, 1.165) is 38.9 Å². The third-order valence-corrected chi connectivity index (χ3v) is 4.76. The lowest BCUT2D eigenvalue weighted by atomic mass is 10.00. The summed E-state index contributed by atoms with van der Waals surface area (Å²) in [6.45, 7) is 3.50. The van der Waals surface area contributed by atoms with Crippen molar-refractivity contribution in [2.75, 3.05) is 26.2 Å². The van der Waals surface area contributed by atoms with Gasteiger partial charge in [0.2, 0.25) is 0 Å². The number of rotatable bonds is 3. The maximum atomic E-state index is 12.3. The number of aliphatic carboxylic acids is 1. The van der Waals surface area contributed by atoms with Crippen molar-refractivity contribution in [3.63, 3.8) is 0 Å². The molecule has 6 nitrogen and oxygen atoms in total. The second kappa shape index (κ2) is 5.60. The average Bonchev–Trinajstić information content (AvgIpc) is 3.28. The van der Waals surface area contributed by atoms with E-state index in [4.69, 9.17) is 0 Å². The molecule has 0 bridgehead atoms. The van der Waals surface area contributed by atoms with Crippen LogP contribution in [0.25, 0.3) is 0 Å². The van der Waals surface area contributed by atoms with Crippen LogP contribution in [-0.2, 0) is 4.79 Å². The zero-order chi connectivity index (χ0) is 14.1. The lowest BCUT2D eigenvalue weighted by Crippen LogP contribution is -2.59. The van der Waals surface area contributed by atoms with Crippen molar-refractivity contribution in [1.82, 2.24) is 15.1 Å². The highest BCUT2D eigenvalue weighted by Crippen LogP contribution is 2.33. The summed E-state index contributed by atoms with van der Waals surface area (Å²) in [6, 6.07) is -0.436. The molecule has 3 rings (SSSR count). The van der Waals surface area contributed by atoms with Crippen molar-refractivity contribution >= 4 is 12.0 Å². The van der Waals surface area contributed by atoms with E-state index in [1.807, 2.05) is 0 Å². The van der Waals surface area contributed by atoms with Crippen LogP contribution in [0.15, 0.2) is 0 Å². The van der Waals surface area contributed by atoms with Crippen molar-refractivity contribution in [2.45, 2.75) is 44.2 Å². The van der Waals surface area contributed by atoms with Gasteiger partial charge in [-0.1, -0.05) is 6.42 Å². The molecule has 0 spiro atoms. The fourth-order valence-corrected chi connectivity index (χ4v) is 3.38. The van der Waals surface area contributed by atoms with Crippen molar-refractivity contribution in [1.29, 1.82) is 0 Å². The number of nitrogens with zero attached hydrogens (tertiary/aromatic N) is 2. The molecule has 2 atom stereocenters. The van der Waals surface area contributed by atoms with Gasteiger partial charge in [0.25, 0.3) is 0 Å². The molecule has 2 unspecified atom stereocenters. The molecule has 6 heteroatoms. The Morgan fingerprint density at radius 3 is 2.60 bits per heavy atom. The van der Waals surface area contributed by atoms with Gasteiger partial charge in [0, 0.05) is 25.7 Å². The molecule has 3 fully saturated rings. The van der Waals surface area contributed by atoms with Crippen LogP contribution in [0.1, 0.15) is 32.1 Å². The number of carboxylic acids is 1. The summed E-state index contributed by atoms with van der Waals surface area (Å²) in [6.07, 6.45) is 5.46. The Morgan fingerprint density at radius 2 is 1.90 bits per heavy atom. The number of hydrogen-bond acceptors (Lipinski definition) is 3. The number of nitrogens with one attached hydrogen (secondary N) is 1. The summed E-state index contributed by atoms with van der Waals surface area (Å²) in [4.78, 5) is 27.7. The highest BCUT2D eigenvalue weighted by atomic mass is 16.4. The Labute approximate surface area is 119 Å². The first-order chi connectivity index (χ1) is 9.65. The Balaban J connectivity index is 1.55. The molecule has 2 N–H and O–H groups in total. The second-order valence-corrected chi connectivity index (χ2v) is 6.23. The molecule has 1 aliphatic carbocycles. The number of amides is 2. The largest absolute Gasteiger partial charge is 0.480 e. The first kappa shape index (κ1) is 13.7. The van der Waals surface area contributed by atoms with E-state index in [0.29, 0.717) is 12.6 Å². The molecule has 0 radical (unpaired) electrons. The minimum Gasteiger partial charge on any atom is -0.480 e. The van der Waals surface area contributed by atoms with Crippen LogP contribution < -0.4 is 5.32 Å². The number of carbonyl (C=O) groups excluding carboxylic acids is 1. The van der Waals surface area contributed by atoms with Crippen molar-refractivity contribution in [3.8, 4) is 0 Å².